The molecule has 3 saturated heterocycles. The van der Waals surface area contributed by atoms with E-state index in [1.165, 1.54) is 19.5 Å². The number of benzene rings is 3. The lowest BCUT2D eigenvalue weighted by Gasteiger charge is -2.44. The van der Waals surface area contributed by atoms with E-state index in [4.69, 9.17) is 53.8 Å². The highest BCUT2D eigenvalue weighted by Crippen LogP contribution is 2.36. The van der Waals surface area contributed by atoms with Crippen molar-refractivity contribution in [1.29, 1.82) is 0 Å². The van der Waals surface area contributed by atoms with Crippen LogP contribution in [0, 0.1) is 5.92 Å². The molecule has 3 aromatic carbocycles. The van der Waals surface area contributed by atoms with E-state index in [9.17, 15) is 9.59 Å². The molecule has 1 aromatic heterocycles. The molecule has 256 valence electrons. The average Bonchev–Trinajstić information content (AvgIpc) is 3.12. The first-order chi connectivity index (χ1) is 23.7. The van der Waals surface area contributed by atoms with Crippen LogP contribution in [0.5, 0.6) is 11.5 Å². The van der Waals surface area contributed by atoms with Crippen LogP contribution in [0.4, 0.5) is 10.5 Å². The van der Waals surface area contributed by atoms with E-state index in [1.807, 2.05) is 12.1 Å². The zero-order chi connectivity index (χ0) is 34.5. The van der Waals surface area contributed by atoms with Gasteiger partial charge in [-0.3, -0.25) is 14.8 Å². The van der Waals surface area contributed by atoms with Crippen LogP contribution < -0.4 is 14.4 Å². The van der Waals surface area contributed by atoms with Gasteiger partial charge in [-0.2, -0.15) is 0 Å². The number of fused-ring (bicyclic) bond motifs is 3. The minimum Gasteiger partial charge on any atom is -0.493 e. The van der Waals surface area contributed by atoms with Gasteiger partial charge in [0.1, 0.15) is 12.2 Å². The topological polar surface area (TPSA) is 90.4 Å². The summed E-state index contributed by atoms with van der Waals surface area (Å²) in [6, 6.07) is 19.3. The first kappa shape index (κ1) is 34.8. The minimum absolute atomic E-state index is 0.142. The number of ether oxygens (including phenoxy) is 4. The van der Waals surface area contributed by atoms with Gasteiger partial charge in [0.15, 0.2) is 11.5 Å². The number of pyridine rings is 1. The zero-order valence-electron chi connectivity index (χ0n) is 27.1. The Kier molecular flexibility index (Phi) is 11.1. The van der Waals surface area contributed by atoms with Crippen LogP contribution in [0.15, 0.2) is 79.1 Å². The van der Waals surface area contributed by atoms with Gasteiger partial charge >= 0.3 is 12.1 Å². The lowest BCUT2D eigenvalue weighted by Crippen LogP contribution is -2.53. The number of carbonyl (C=O) groups excluding carboxylic acids is 2. The maximum Gasteiger partial charge on any atom is 0.414 e. The highest BCUT2D eigenvalue weighted by molar-refractivity contribution is 6.35. The predicted molar refractivity (Wildman–Crippen MR) is 189 cm³/mol. The van der Waals surface area contributed by atoms with Crippen molar-refractivity contribution >= 4 is 52.6 Å². The van der Waals surface area contributed by atoms with Crippen molar-refractivity contribution < 1.29 is 28.5 Å². The smallest absolute Gasteiger partial charge is 0.414 e. The van der Waals surface area contributed by atoms with Gasteiger partial charge in [-0.15, -0.1) is 0 Å². The summed E-state index contributed by atoms with van der Waals surface area (Å²) in [6.45, 7) is 2.95. The van der Waals surface area contributed by atoms with Crippen molar-refractivity contribution in [3.05, 3.63) is 116 Å². The summed E-state index contributed by atoms with van der Waals surface area (Å²) in [6.07, 6.45) is 3.76. The molecule has 0 radical (unpaired) electrons. The Morgan fingerprint density at radius 1 is 0.918 bits per heavy atom. The molecule has 0 unspecified atom stereocenters. The van der Waals surface area contributed by atoms with Crippen molar-refractivity contribution in [3.63, 3.8) is 0 Å². The van der Waals surface area contributed by atoms with E-state index >= 15 is 0 Å². The van der Waals surface area contributed by atoms with Gasteiger partial charge in [0.25, 0.3) is 0 Å². The highest BCUT2D eigenvalue weighted by atomic mass is 35.5. The van der Waals surface area contributed by atoms with Crippen LogP contribution in [-0.2, 0) is 22.4 Å². The lowest BCUT2D eigenvalue weighted by molar-refractivity contribution is -0.0311. The second-order valence-corrected chi connectivity index (χ2v) is 13.4. The molecule has 9 nitrogen and oxygen atoms in total. The van der Waals surface area contributed by atoms with Crippen LogP contribution in [0.25, 0.3) is 0 Å². The highest BCUT2D eigenvalue weighted by Gasteiger charge is 2.37. The molecule has 12 heteroatoms. The number of amides is 1. The fourth-order valence-corrected chi connectivity index (χ4v) is 7.12. The van der Waals surface area contributed by atoms with E-state index in [-0.39, 0.29) is 19.1 Å². The summed E-state index contributed by atoms with van der Waals surface area (Å²) in [4.78, 5) is 35.5. The number of nitrogens with zero attached hydrogens (tertiary/aromatic N) is 3. The molecule has 3 aliphatic rings. The quantitative estimate of drug-likeness (QED) is 0.143. The summed E-state index contributed by atoms with van der Waals surface area (Å²) < 4.78 is 23.2. The number of carbonyl (C=O) groups is 2. The molecule has 1 amide bonds. The van der Waals surface area contributed by atoms with E-state index in [2.05, 4.69) is 9.88 Å². The molecule has 7 rings (SSSR count). The van der Waals surface area contributed by atoms with Crippen LogP contribution in [-0.4, -0.2) is 61.9 Å². The van der Waals surface area contributed by atoms with Gasteiger partial charge in [-0.25, -0.2) is 9.59 Å². The number of halogens is 3. The van der Waals surface area contributed by atoms with Gasteiger partial charge < -0.3 is 18.9 Å². The van der Waals surface area contributed by atoms with Crippen molar-refractivity contribution in [2.45, 2.75) is 38.0 Å². The fourth-order valence-electron chi connectivity index (χ4n) is 6.42. The molecule has 0 spiro atoms. The summed E-state index contributed by atoms with van der Waals surface area (Å²) in [5.41, 5.74) is 2.81. The third kappa shape index (κ3) is 8.24. The van der Waals surface area contributed by atoms with Crippen LogP contribution in [0.3, 0.4) is 0 Å². The van der Waals surface area contributed by atoms with Crippen LogP contribution in [0.1, 0.15) is 46.0 Å². The Bertz CT molecular complexity index is 1800. The third-order valence-electron chi connectivity index (χ3n) is 9.06. The molecule has 0 aliphatic carbocycles. The summed E-state index contributed by atoms with van der Waals surface area (Å²) in [7, 11) is 3.08. The Balaban J connectivity index is 1.25. The monoisotopic (exact) mass is 723 g/mol. The molecule has 3 aliphatic heterocycles. The first-order valence-corrected chi connectivity index (χ1v) is 17.1. The van der Waals surface area contributed by atoms with Gasteiger partial charge in [0.05, 0.1) is 36.4 Å². The van der Waals surface area contributed by atoms with Crippen LogP contribution >= 0.6 is 34.8 Å². The van der Waals surface area contributed by atoms with E-state index in [0.29, 0.717) is 60.4 Å². The van der Waals surface area contributed by atoms with E-state index in [0.717, 1.165) is 32.5 Å². The van der Waals surface area contributed by atoms with E-state index < -0.39 is 18.2 Å². The zero-order valence-corrected chi connectivity index (χ0v) is 29.4. The molecule has 49 heavy (non-hydrogen) atoms. The van der Waals surface area contributed by atoms with Crippen molar-refractivity contribution in [2.24, 2.45) is 5.92 Å². The average molecular weight is 725 g/mol. The SMILES string of the molecule is COc1ccc([C@H](Cc2c(Cl)cncc2Cl)OC(=O)c2cccc(CN(C(=O)O[C@H]3CN4CCC3CC4)c3cccc(Cl)c3)c2)cc1OC. The Labute approximate surface area is 300 Å². The van der Waals surface area contributed by atoms with Gasteiger partial charge in [-0.05, 0) is 91.0 Å². The number of rotatable bonds is 11. The molecular formula is C37H36Cl3N3O6. The predicted octanol–water partition coefficient (Wildman–Crippen LogP) is 8.44. The van der Waals surface area contributed by atoms with Crippen molar-refractivity contribution in [1.82, 2.24) is 9.88 Å². The second kappa shape index (κ2) is 15.7. The van der Waals surface area contributed by atoms with Crippen molar-refractivity contribution in [2.75, 3.05) is 38.8 Å². The number of methoxy groups -OCH3 is 2. The molecule has 3 fully saturated rings. The normalized spacial score (nSPS) is 18.8. The summed E-state index contributed by atoms with van der Waals surface area (Å²) in [5, 5.41) is 1.19. The third-order valence-corrected chi connectivity index (χ3v) is 9.95. The fraction of sp³-hybridized carbons (Fsp3) is 0.324. The Hall–Kier alpha value is -4.02. The van der Waals surface area contributed by atoms with Crippen molar-refractivity contribution in [3.8, 4) is 11.5 Å². The molecule has 4 heterocycles. The molecular weight excluding hydrogens is 689 g/mol. The molecule has 2 atom stereocenters. The van der Waals surface area contributed by atoms with E-state index in [1.54, 1.807) is 66.6 Å². The number of anilines is 1. The maximum absolute atomic E-state index is 13.8. The number of hydrogen-bond acceptors (Lipinski definition) is 8. The number of hydrogen-bond donors (Lipinski definition) is 0. The summed E-state index contributed by atoms with van der Waals surface area (Å²) >= 11 is 19.3. The lowest BCUT2D eigenvalue weighted by atomic mass is 9.86. The maximum atomic E-state index is 13.8. The van der Waals surface area contributed by atoms with Gasteiger partial charge in [-0.1, -0.05) is 59.1 Å². The molecule has 0 saturated carbocycles. The van der Waals surface area contributed by atoms with Gasteiger partial charge in [0, 0.05) is 36.1 Å². The minimum atomic E-state index is -0.798. The standard InChI is InChI=1S/C37H36Cl3N3O6/c1-46-32-10-9-25(16-34(32)47-2)33(18-29-30(39)19-41-20-31(29)40)48-36(44)26-6-3-5-23(15-26)21-43(28-8-4-7-27(38)17-28)37(45)49-35-22-42-13-11-24(35)12-14-42/h3-10,15-17,19-20,24,33,35H,11-14,18,21-22H2,1-2H3/t33-,35-/m0/s1. The Morgan fingerprint density at radius 3 is 2.33 bits per heavy atom. The largest absolute Gasteiger partial charge is 0.493 e. The number of piperidine rings is 3. The van der Waals surface area contributed by atoms with Gasteiger partial charge in [0.2, 0.25) is 0 Å². The Morgan fingerprint density at radius 2 is 1.65 bits per heavy atom. The molecule has 4 aromatic rings. The first-order valence-electron chi connectivity index (χ1n) is 16.0. The molecule has 0 N–H and O–H groups in total. The number of aromatic nitrogens is 1. The molecule has 2 bridgehead atoms. The summed E-state index contributed by atoms with van der Waals surface area (Å²) in [5.74, 6) is 0.775. The second-order valence-electron chi connectivity index (χ2n) is 12.1. The van der Waals surface area contributed by atoms with Crippen LogP contribution in [0.2, 0.25) is 15.1 Å². The number of esters is 1.